The Morgan fingerprint density at radius 1 is 1.37 bits per heavy atom. The highest BCUT2D eigenvalue weighted by molar-refractivity contribution is 7.81. The van der Waals surface area contributed by atoms with Gasteiger partial charge in [0.15, 0.2) is 0 Å². The van der Waals surface area contributed by atoms with Gasteiger partial charge in [0.25, 0.3) is 0 Å². The summed E-state index contributed by atoms with van der Waals surface area (Å²) in [7, 11) is 0. The summed E-state index contributed by atoms with van der Waals surface area (Å²) in [5.74, 6) is 0.329. The SMILES string of the molecule is CC(CCNC(=O)C1CCNC1)OCCC(C)(C)S.CC(O)CCNC=O. The number of carbonyl (C=O) groups is 2. The van der Waals surface area contributed by atoms with Crippen molar-refractivity contribution in [3.8, 4) is 0 Å². The lowest BCUT2D eigenvalue weighted by molar-refractivity contribution is -0.124. The van der Waals surface area contributed by atoms with Crippen LogP contribution in [0.5, 0.6) is 0 Å². The average Bonchev–Trinajstić information content (AvgIpc) is 3.08. The fourth-order valence-corrected chi connectivity index (χ4v) is 2.46. The Hall–Kier alpha value is -0.830. The maximum atomic E-state index is 11.8. The molecule has 0 aromatic heterocycles. The molecule has 1 fully saturated rings. The number of rotatable bonds is 12. The number of ether oxygens (including phenoxy) is 1. The maximum absolute atomic E-state index is 11.8. The van der Waals surface area contributed by atoms with Crippen molar-refractivity contribution in [2.45, 2.75) is 70.3 Å². The number of aliphatic hydroxyl groups is 1. The number of hydrogen-bond donors (Lipinski definition) is 5. The monoisotopic (exact) mass is 405 g/mol. The second-order valence-electron chi connectivity index (χ2n) is 7.72. The second kappa shape index (κ2) is 15.1. The Kier molecular flexibility index (Phi) is 14.7. The molecule has 27 heavy (non-hydrogen) atoms. The summed E-state index contributed by atoms with van der Waals surface area (Å²) in [6, 6.07) is 0. The third-order valence-electron chi connectivity index (χ3n) is 4.19. The van der Waals surface area contributed by atoms with Gasteiger partial charge in [0.1, 0.15) is 0 Å². The summed E-state index contributed by atoms with van der Waals surface area (Å²) in [5, 5.41) is 17.3. The lowest BCUT2D eigenvalue weighted by atomic mass is 10.1. The topological polar surface area (TPSA) is 99.7 Å². The Bertz CT molecular complexity index is 397. The minimum absolute atomic E-state index is 0.0173. The van der Waals surface area contributed by atoms with Gasteiger partial charge in [0.05, 0.1) is 18.1 Å². The molecule has 2 amide bonds. The van der Waals surface area contributed by atoms with E-state index in [1.165, 1.54) is 0 Å². The zero-order chi connectivity index (χ0) is 20.7. The number of nitrogens with one attached hydrogen (secondary N) is 3. The molecule has 3 atom stereocenters. The molecule has 4 N–H and O–H groups in total. The van der Waals surface area contributed by atoms with Crippen molar-refractivity contribution in [3.05, 3.63) is 0 Å². The molecule has 0 saturated carbocycles. The number of aliphatic hydroxyl groups excluding tert-OH is 1. The van der Waals surface area contributed by atoms with Gasteiger partial charge in [-0.3, -0.25) is 9.59 Å². The van der Waals surface area contributed by atoms with Crippen molar-refractivity contribution >= 4 is 24.9 Å². The molecule has 3 unspecified atom stereocenters. The summed E-state index contributed by atoms with van der Waals surface area (Å²) in [4.78, 5) is 21.4. The minimum Gasteiger partial charge on any atom is -0.393 e. The van der Waals surface area contributed by atoms with Crippen LogP contribution >= 0.6 is 12.6 Å². The molecular formula is C19H39N3O4S. The van der Waals surface area contributed by atoms with Gasteiger partial charge in [-0.15, -0.1) is 0 Å². The highest BCUT2D eigenvalue weighted by Crippen LogP contribution is 2.17. The van der Waals surface area contributed by atoms with Crippen molar-refractivity contribution in [1.82, 2.24) is 16.0 Å². The first-order chi connectivity index (χ1) is 12.7. The van der Waals surface area contributed by atoms with Gasteiger partial charge in [-0.1, -0.05) is 13.8 Å². The van der Waals surface area contributed by atoms with E-state index >= 15 is 0 Å². The molecule has 0 aliphatic carbocycles. The molecule has 0 bridgehead atoms. The van der Waals surface area contributed by atoms with E-state index < -0.39 is 0 Å². The van der Waals surface area contributed by atoms with Gasteiger partial charge in [-0.05, 0) is 46.1 Å². The second-order valence-corrected chi connectivity index (χ2v) is 8.93. The molecule has 1 aliphatic rings. The first-order valence-electron chi connectivity index (χ1n) is 9.83. The molecule has 7 nitrogen and oxygen atoms in total. The van der Waals surface area contributed by atoms with Crippen LogP contribution in [0.4, 0.5) is 0 Å². The Morgan fingerprint density at radius 2 is 2.07 bits per heavy atom. The molecular weight excluding hydrogens is 366 g/mol. The van der Waals surface area contributed by atoms with Crippen LogP contribution in [0.25, 0.3) is 0 Å². The van der Waals surface area contributed by atoms with Gasteiger partial charge < -0.3 is 25.8 Å². The van der Waals surface area contributed by atoms with E-state index in [1.54, 1.807) is 6.92 Å². The van der Waals surface area contributed by atoms with Crippen LogP contribution in [-0.2, 0) is 14.3 Å². The lowest BCUT2D eigenvalue weighted by Gasteiger charge is -2.19. The number of carbonyl (C=O) groups excluding carboxylic acids is 2. The number of thiol groups is 1. The largest absolute Gasteiger partial charge is 0.393 e. The Labute approximate surface area is 169 Å². The molecule has 1 aliphatic heterocycles. The summed E-state index contributed by atoms with van der Waals surface area (Å²) in [6.07, 6.45) is 3.86. The van der Waals surface area contributed by atoms with Crippen LogP contribution in [0.3, 0.4) is 0 Å². The first-order valence-corrected chi connectivity index (χ1v) is 10.3. The van der Waals surface area contributed by atoms with E-state index in [0.717, 1.165) is 39.0 Å². The van der Waals surface area contributed by atoms with E-state index in [2.05, 4.69) is 49.4 Å². The first kappa shape index (κ1) is 26.2. The van der Waals surface area contributed by atoms with Gasteiger partial charge in [-0.2, -0.15) is 12.6 Å². The van der Waals surface area contributed by atoms with Crippen LogP contribution < -0.4 is 16.0 Å². The van der Waals surface area contributed by atoms with E-state index in [-0.39, 0.29) is 28.8 Å². The normalized spacial score (nSPS) is 18.8. The average molecular weight is 406 g/mol. The van der Waals surface area contributed by atoms with Crippen LogP contribution in [0.15, 0.2) is 0 Å². The number of amides is 2. The smallest absolute Gasteiger partial charge is 0.224 e. The predicted octanol–water partition coefficient (Wildman–Crippen LogP) is 1.11. The molecule has 0 aromatic rings. The quantitative estimate of drug-likeness (QED) is 0.190. The zero-order valence-electron chi connectivity index (χ0n) is 17.3. The highest BCUT2D eigenvalue weighted by Gasteiger charge is 2.21. The molecule has 1 heterocycles. The van der Waals surface area contributed by atoms with Crippen molar-refractivity contribution < 1.29 is 19.4 Å². The van der Waals surface area contributed by atoms with Gasteiger partial charge in [-0.25, -0.2) is 0 Å². The van der Waals surface area contributed by atoms with Crippen molar-refractivity contribution in [2.24, 2.45) is 5.92 Å². The summed E-state index contributed by atoms with van der Waals surface area (Å²) < 4.78 is 5.73. The van der Waals surface area contributed by atoms with Gasteiger partial charge >= 0.3 is 0 Å². The summed E-state index contributed by atoms with van der Waals surface area (Å²) in [5.41, 5.74) is 0. The fraction of sp³-hybridized carbons (Fsp3) is 0.895. The van der Waals surface area contributed by atoms with E-state index in [1.807, 2.05) is 0 Å². The van der Waals surface area contributed by atoms with Crippen LogP contribution in [-0.4, -0.2) is 67.2 Å². The third kappa shape index (κ3) is 17.0. The van der Waals surface area contributed by atoms with E-state index in [4.69, 9.17) is 9.84 Å². The Morgan fingerprint density at radius 3 is 2.59 bits per heavy atom. The zero-order valence-corrected chi connectivity index (χ0v) is 18.2. The molecule has 160 valence electrons. The van der Waals surface area contributed by atoms with Crippen molar-refractivity contribution in [2.75, 3.05) is 32.8 Å². The predicted molar refractivity (Wildman–Crippen MR) is 112 cm³/mol. The molecule has 0 radical (unpaired) electrons. The highest BCUT2D eigenvalue weighted by atomic mass is 32.1. The molecule has 1 rings (SSSR count). The minimum atomic E-state index is -0.317. The van der Waals surface area contributed by atoms with Crippen molar-refractivity contribution in [1.29, 1.82) is 0 Å². The fourth-order valence-electron chi connectivity index (χ4n) is 2.37. The van der Waals surface area contributed by atoms with Gasteiger partial charge in [0, 0.05) is 31.0 Å². The van der Waals surface area contributed by atoms with Gasteiger partial charge in [0.2, 0.25) is 12.3 Å². The maximum Gasteiger partial charge on any atom is 0.224 e. The molecule has 0 spiro atoms. The molecule has 0 aromatic carbocycles. The molecule has 8 heteroatoms. The lowest BCUT2D eigenvalue weighted by Crippen LogP contribution is -2.34. The van der Waals surface area contributed by atoms with Crippen molar-refractivity contribution in [3.63, 3.8) is 0 Å². The van der Waals surface area contributed by atoms with Crippen LogP contribution in [0, 0.1) is 5.92 Å². The summed E-state index contributed by atoms with van der Waals surface area (Å²) in [6.45, 7) is 11.6. The van der Waals surface area contributed by atoms with E-state index in [9.17, 15) is 9.59 Å². The van der Waals surface area contributed by atoms with Crippen LogP contribution in [0.2, 0.25) is 0 Å². The number of hydrogen-bond acceptors (Lipinski definition) is 6. The standard InChI is InChI=1S/C14H28N2O2S.C5H11NO2/c1-11(18-9-6-14(2,3)19)4-8-16-13(17)12-5-7-15-10-12;1-5(8)2-3-6-4-7/h11-12,15,19H,4-10H2,1-3H3,(H,16,17);4-5,8H,2-3H2,1H3,(H,6,7). The van der Waals surface area contributed by atoms with Crippen LogP contribution in [0.1, 0.15) is 53.4 Å². The molecule has 1 saturated heterocycles. The third-order valence-corrected chi connectivity index (χ3v) is 4.41. The Balaban J connectivity index is 0.000000713. The summed E-state index contributed by atoms with van der Waals surface area (Å²) >= 11 is 4.46. The van der Waals surface area contributed by atoms with E-state index in [0.29, 0.717) is 25.9 Å².